The minimum Gasteiger partial charge on any atom is -0.493 e. The fraction of sp³-hybridized carbons (Fsp3) is 0.304. The number of alkyl halides is 3. The van der Waals surface area contributed by atoms with E-state index in [2.05, 4.69) is 0 Å². The summed E-state index contributed by atoms with van der Waals surface area (Å²) < 4.78 is 49.7. The summed E-state index contributed by atoms with van der Waals surface area (Å²) in [6.07, 6.45) is -4.08. The van der Waals surface area contributed by atoms with Crippen molar-refractivity contribution in [3.05, 3.63) is 74.6 Å². The molecule has 2 aromatic carbocycles. The number of ketones is 1. The first kappa shape index (κ1) is 21.6. The van der Waals surface area contributed by atoms with Gasteiger partial charge in [-0.1, -0.05) is 18.2 Å². The molecule has 7 heteroatoms. The number of benzene rings is 2. The number of fused-ring (bicyclic) bond motifs is 1. The Morgan fingerprint density at radius 1 is 1.10 bits per heavy atom. The molecular formula is C23H21F3O4. The van der Waals surface area contributed by atoms with Crippen molar-refractivity contribution in [1.82, 2.24) is 0 Å². The number of halogens is 3. The standard InChI is InChI=1S/C23H21F3O4/c1-13(27)11-19-14(2)18-7-8-20(15(3)21(18)30-22(19)28)29-10-9-16-5-4-6-17(12-16)23(24,25)26/h4-8,12H,9-11H2,1-3H3. The highest BCUT2D eigenvalue weighted by Crippen LogP contribution is 2.31. The Labute approximate surface area is 171 Å². The Morgan fingerprint density at radius 3 is 2.50 bits per heavy atom. The summed E-state index contributed by atoms with van der Waals surface area (Å²) in [5.74, 6) is 0.354. The van der Waals surface area contributed by atoms with E-state index in [-0.39, 0.29) is 18.8 Å². The molecule has 0 atom stereocenters. The number of hydrogen-bond acceptors (Lipinski definition) is 4. The van der Waals surface area contributed by atoms with E-state index in [0.717, 1.165) is 12.1 Å². The molecule has 0 saturated heterocycles. The smallest absolute Gasteiger partial charge is 0.416 e. The minimum atomic E-state index is -4.39. The molecule has 3 rings (SSSR count). The first-order valence-corrected chi connectivity index (χ1v) is 9.42. The summed E-state index contributed by atoms with van der Waals surface area (Å²) in [6, 6.07) is 8.61. The zero-order valence-electron chi connectivity index (χ0n) is 16.9. The lowest BCUT2D eigenvalue weighted by Gasteiger charge is -2.13. The molecule has 0 aliphatic rings. The van der Waals surface area contributed by atoms with Crippen LogP contribution in [-0.4, -0.2) is 12.4 Å². The van der Waals surface area contributed by atoms with Gasteiger partial charge in [0.2, 0.25) is 0 Å². The molecule has 0 spiro atoms. The van der Waals surface area contributed by atoms with Crippen LogP contribution in [0.25, 0.3) is 11.0 Å². The number of ether oxygens (including phenoxy) is 1. The molecule has 158 valence electrons. The van der Waals surface area contributed by atoms with Gasteiger partial charge in [0, 0.05) is 29.4 Å². The summed E-state index contributed by atoms with van der Waals surface area (Å²) >= 11 is 0. The van der Waals surface area contributed by atoms with Crippen LogP contribution in [0.5, 0.6) is 5.75 Å². The van der Waals surface area contributed by atoms with Crippen LogP contribution < -0.4 is 10.4 Å². The molecule has 0 radical (unpaired) electrons. The van der Waals surface area contributed by atoms with Crippen LogP contribution in [-0.2, 0) is 23.8 Å². The molecule has 0 unspecified atom stereocenters. The fourth-order valence-corrected chi connectivity index (χ4v) is 3.36. The van der Waals surface area contributed by atoms with Crippen molar-refractivity contribution in [2.75, 3.05) is 6.61 Å². The van der Waals surface area contributed by atoms with Crippen LogP contribution >= 0.6 is 0 Å². The van der Waals surface area contributed by atoms with E-state index in [0.29, 0.717) is 45.4 Å². The molecule has 0 aliphatic heterocycles. The van der Waals surface area contributed by atoms with Gasteiger partial charge in [0.05, 0.1) is 12.2 Å². The number of hydrogen-bond donors (Lipinski definition) is 0. The first-order chi connectivity index (χ1) is 14.1. The Kier molecular flexibility index (Phi) is 6.01. The van der Waals surface area contributed by atoms with Crippen molar-refractivity contribution in [3.8, 4) is 5.75 Å². The van der Waals surface area contributed by atoms with E-state index in [1.165, 1.54) is 13.0 Å². The zero-order valence-corrected chi connectivity index (χ0v) is 16.9. The van der Waals surface area contributed by atoms with Crippen LogP contribution in [0.4, 0.5) is 13.2 Å². The van der Waals surface area contributed by atoms with Gasteiger partial charge in [-0.05, 0) is 50.1 Å². The number of carbonyl (C=O) groups excluding carboxylic acids is 1. The second-order valence-corrected chi connectivity index (χ2v) is 7.23. The fourth-order valence-electron chi connectivity index (χ4n) is 3.36. The largest absolute Gasteiger partial charge is 0.493 e. The molecule has 0 N–H and O–H groups in total. The molecular weight excluding hydrogens is 397 g/mol. The highest BCUT2D eigenvalue weighted by Gasteiger charge is 2.30. The predicted molar refractivity (Wildman–Crippen MR) is 107 cm³/mol. The molecule has 1 heterocycles. The first-order valence-electron chi connectivity index (χ1n) is 9.42. The second kappa shape index (κ2) is 8.34. The predicted octanol–water partition coefficient (Wildman–Crippen LogP) is 5.18. The van der Waals surface area contributed by atoms with E-state index < -0.39 is 17.4 Å². The third-order valence-corrected chi connectivity index (χ3v) is 4.98. The van der Waals surface area contributed by atoms with E-state index >= 15 is 0 Å². The average Bonchev–Trinajstić information content (AvgIpc) is 2.67. The van der Waals surface area contributed by atoms with Gasteiger partial charge < -0.3 is 9.15 Å². The molecule has 0 fully saturated rings. The molecule has 0 aliphatic carbocycles. The highest BCUT2D eigenvalue weighted by atomic mass is 19.4. The third-order valence-electron chi connectivity index (χ3n) is 4.98. The monoisotopic (exact) mass is 418 g/mol. The van der Waals surface area contributed by atoms with Gasteiger partial charge in [-0.15, -0.1) is 0 Å². The summed E-state index contributed by atoms with van der Waals surface area (Å²) in [7, 11) is 0. The second-order valence-electron chi connectivity index (χ2n) is 7.23. The van der Waals surface area contributed by atoms with E-state index in [4.69, 9.17) is 9.15 Å². The van der Waals surface area contributed by atoms with Gasteiger partial charge in [-0.3, -0.25) is 4.79 Å². The van der Waals surface area contributed by atoms with Crippen molar-refractivity contribution in [3.63, 3.8) is 0 Å². The summed E-state index contributed by atoms with van der Waals surface area (Å²) in [5.41, 5.74) is 1.29. The average molecular weight is 418 g/mol. The van der Waals surface area contributed by atoms with Crippen LogP contribution in [0.1, 0.15) is 34.7 Å². The maximum absolute atomic E-state index is 12.8. The molecule has 3 aromatic rings. The quantitative estimate of drug-likeness (QED) is 0.518. The molecule has 1 aromatic heterocycles. The van der Waals surface area contributed by atoms with Crippen molar-refractivity contribution < 1.29 is 27.1 Å². The SMILES string of the molecule is CC(=O)Cc1c(C)c2ccc(OCCc3cccc(C(F)(F)F)c3)c(C)c2oc1=O. The van der Waals surface area contributed by atoms with Gasteiger partial charge in [0.15, 0.2) is 0 Å². The van der Waals surface area contributed by atoms with Crippen LogP contribution in [0.2, 0.25) is 0 Å². The normalized spacial score (nSPS) is 11.7. The molecule has 0 amide bonds. The Bertz CT molecular complexity index is 1160. The van der Waals surface area contributed by atoms with Gasteiger partial charge in [-0.2, -0.15) is 13.2 Å². The van der Waals surface area contributed by atoms with Gasteiger partial charge in [-0.25, -0.2) is 4.79 Å². The summed E-state index contributed by atoms with van der Waals surface area (Å²) in [6.45, 7) is 5.09. The molecule has 0 bridgehead atoms. The lowest BCUT2D eigenvalue weighted by Crippen LogP contribution is -2.14. The van der Waals surface area contributed by atoms with E-state index in [9.17, 15) is 22.8 Å². The van der Waals surface area contributed by atoms with E-state index in [1.54, 1.807) is 32.0 Å². The number of aryl methyl sites for hydroxylation is 2. The number of rotatable bonds is 6. The van der Waals surface area contributed by atoms with Crippen LogP contribution in [0.15, 0.2) is 45.6 Å². The van der Waals surface area contributed by atoms with E-state index in [1.807, 2.05) is 0 Å². The molecule has 30 heavy (non-hydrogen) atoms. The molecule has 4 nitrogen and oxygen atoms in total. The third kappa shape index (κ3) is 4.56. The van der Waals surface area contributed by atoms with Crippen molar-refractivity contribution in [1.29, 1.82) is 0 Å². The van der Waals surface area contributed by atoms with Crippen LogP contribution in [0.3, 0.4) is 0 Å². The van der Waals surface area contributed by atoms with Crippen molar-refractivity contribution >= 4 is 16.8 Å². The molecule has 0 saturated carbocycles. The Morgan fingerprint density at radius 2 is 1.83 bits per heavy atom. The minimum absolute atomic E-state index is 0.0123. The Balaban J connectivity index is 1.82. The summed E-state index contributed by atoms with van der Waals surface area (Å²) in [5, 5.41) is 0.716. The number of Topliss-reactive ketones (excluding diaryl/α,β-unsaturated/α-hetero) is 1. The van der Waals surface area contributed by atoms with Gasteiger partial charge >= 0.3 is 11.8 Å². The topological polar surface area (TPSA) is 56.5 Å². The highest BCUT2D eigenvalue weighted by molar-refractivity contribution is 5.87. The summed E-state index contributed by atoms with van der Waals surface area (Å²) in [4.78, 5) is 23.7. The Hall–Kier alpha value is -3.09. The maximum Gasteiger partial charge on any atom is 0.416 e. The maximum atomic E-state index is 12.8. The van der Waals surface area contributed by atoms with Crippen molar-refractivity contribution in [2.45, 2.75) is 39.8 Å². The van der Waals surface area contributed by atoms with Crippen molar-refractivity contribution in [2.24, 2.45) is 0 Å². The van der Waals surface area contributed by atoms with Gasteiger partial charge in [0.25, 0.3) is 0 Å². The van der Waals surface area contributed by atoms with Crippen LogP contribution in [0, 0.1) is 13.8 Å². The zero-order chi connectivity index (χ0) is 22.1. The number of carbonyl (C=O) groups is 1. The lowest BCUT2D eigenvalue weighted by molar-refractivity contribution is -0.137. The lowest BCUT2D eigenvalue weighted by atomic mass is 10.0. The van der Waals surface area contributed by atoms with Gasteiger partial charge in [0.1, 0.15) is 17.1 Å².